The van der Waals surface area contributed by atoms with Gasteiger partial charge in [0.2, 0.25) is 5.91 Å². The highest BCUT2D eigenvalue weighted by molar-refractivity contribution is 5.77. The molecule has 0 saturated heterocycles. The van der Waals surface area contributed by atoms with Crippen LogP contribution in [0.4, 0.5) is 0 Å². The van der Waals surface area contributed by atoms with Gasteiger partial charge < -0.3 is 15.7 Å². The van der Waals surface area contributed by atoms with Gasteiger partial charge in [-0.1, -0.05) is 30.3 Å². The molecule has 104 valence electrons. The molecule has 1 aromatic rings. The normalized spacial score (nSPS) is 16.7. The van der Waals surface area contributed by atoms with Gasteiger partial charge in [-0.3, -0.25) is 4.79 Å². The van der Waals surface area contributed by atoms with Crippen LogP contribution in [-0.4, -0.2) is 34.6 Å². The molecule has 0 aromatic heterocycles. The second-order valence-corrected chi connectivity index (χ2v) is 5.42. The zero-order valence-electron chi connectivity index (χ0n) is 11.2. The van der Waals surface area contributed by atoms with Crippen molar-refractivity contribution in [2.45, 2.75) is 37.8 Å². The van der Waals surface area contributed by atoms with E-state index in [1.807, 2.05) is 30.3 Å². The molecular weight excluding hydrogens is 240 g/mol. The average Bonchev–Trinajstić information content (AvgIpc) is 2.37. The summed E-state index contributed by atoms with van der Waals surface area (Å²) >= 11 is 0. The number of hydrogen-bond donors (Lipinski definition) is 2. The summed E-state index contributed by atoms with van der Waals surface area (Å²) in [6, 6.07) is 9.82. The summed E-state index contributed by atoms with van der Waals surface area (Å²) < 4.78 is 0. The van der Waals surface area contributed by atoms with E-state index in [1.165, 1.54) is 0 Å². The van der Waals surface area contributed by atoms with Crippen LogP contribution in [0, 0.1) is 0 Å². The summed E-state index contributed by atoms with van der Waals surface area (Å²) in [6.45, 7) is 0.885. The summed E-state index contributed by atoms with van der Waals surface area (Å²) in [5.74, 6) is 0.0418. The third-order valence-electron chi connectivity index (χ3n) is 3.79. The Labute approximate surface area is 114 Å². The number of carbonyl (C=O) groups is 1. The summed E-state index contributed by atoms with van der Waals surface area (Å²) in [4.78, 5) is 14.0. The van der Waals surface area contributed by atoms with Gasteiger partial charge in [0, 0.05) is 25.0 Å². The molecule has 1 aliphatic rings. The maximum Gasteiger partial charge on any atom is 0.224 e. The molecule has 0 bridgehead atoms. The van der Waals surface area contributed by atoms with E-state index in [0.717, 1.165) is 24.8 Å². The topological polar surface area (TPSA) is 66.6 Å². The largest absolute Gasteiger partial charge is 0.395 e. The number of aliphatic hydroxyl groups excluding tert-OH is 1. The number of benzene rings is 1. The molecule has 3 N–H and O–H groups in total. The number of hydrogen-bond acceptors (Lipinski definition) is 3. The van der Waals surface area contributed by atoms with E-state index in [2.05, 4.69) is 0 Å². The van der Waals surface area contributed by atoms with Gasteiger partial charge in [0.1, 0.15) is 0 Å². The van der Waals surface area contributed by atoms with Gasteiger partial charge in [0.05, 0.1) is 6.61 Å². The molecule has 1 aliphatic carbocycles. The lowest BCUT2D eigenvalue weighted by Gasteiger charge is -2.39. The van der Waals surface area contributed by atoms with E-state index < -0.39 is 0 Å². The van der Waals surface area contributed by atoms with Crippen LogP contribution >= 0.6 is 0 Å². The Bertz CT molecular complexity index is 415. The Morgan fingerprint density at radius 3 is 2.53 bits per heavy atom. The lowest BCUT2D eigenvalue weighted by molar-refractivity contribution is -0.134. The molecular formula is C15H22N2O2. The molecule has 0 aliphatic heterocycles. The smallest absolute Gasteiger partial charge is 0.224 e. The molecule has 1 saturated carbocycles. The van der Waals surface area contributed by atoms with Crippen LogP contribution in [0.1, 0.15) is 31.2 Å². The highest BCUT2D eigenvalue weighted by Gasteiger charge is 2.35. The van der Waals surface area contributed by atoms with E-state index in [1.54, 1.807) is 4.90 Å². The fourth-order valence-corrected chi connectivity index (χ4v) is 2.44. The maximum absolute atomic E-state index is 12.3. The van der Waals surface area contributed by atoms with Crippen molar-refractivity contribution in [3.8, 4) is 0 Å². The monoisotopic (exact) mass is 262 g/mol. The number of nitrogens with zero attached hydrogens (tertiary/aromatic N) is 1. The van der Waals surface area contributed by atoms with Gasteiger partial charge >= 0.3 is 0 Å². The second kappa shape index (κ2) is 6.17. The number of amides is 1. The van der Waals surface area contributed by atoms with Gasteiger partial charge in [-0.2, -0.15) is 0 Å². The first-order valence-corrected chi connectivity index (χ1v) is 6.84. The van der Waals surface area contributed by atoms with Crippen LogP contribution in [0.25, 0.3) is 0 Å². The Kier molecular flexibility index (Phi) is 4.56. The lowest BCUT2D eigenvalue weighted by Crippen LogP contribution is -2.50. The van der Waals surface area contributed by atoms with Crippen molar-refractivity contribution >= 4 is 5.91 Å². The predicted octanol–water partition coefficient (Wildman–Crippen LogP) is 1.28. The molecule has 0 spiro atoms. The molecule has 1 amide bonds. The van der Waals surface area contributed by atoms with Crippen molar-refractivity contribution in [3.05, 3.63) is 35.9 Å². The quantitative estimate of drug-likeness (QED) is 0.811. The van der Waals surface area contributed by atoms with Crippen LogP contribution in [0.3, 0.4) is 0 Å². The van der Waals surface area contributed by atoms with Crippen molar-refractivity contribution in [2.24, 2.45) is 5.73 Å². The highest BCUT2D eigenvalue weighted by atomic mass is 16.3. The van der Waals surface area contributed by atoms with Crippen LogP contribution < -0.4 is 5.73 Å². The van der Waals surface area contributed by atoms with E-state index in [0.29, 0.717) is 19.5 Å². The zero-order valence-corrected chi connectivity index (χ0v) is 11.2. The summed E-state index contributed by atoms with van der Waals surface area (Å²) in [6.07, 6.45) is 3.36. The van der Waals surface area contributed by atoms with Gasteiger partial charge in [-0.25, -0.2) is 0 Å². The van der Waals surface area contributed by atoms with Crippen molar-refractivity contribution < 1.29 is 9.90 Å². The first-order chi connectivity index (χ1) is 9.13. The van der Waals surface area contributed by atoms with E-state index in [9.17, 15) is 4.79 Å². The van der Waals surface area contributed by atoms with Crippen LogP contribution in [-0.2, 0) is 11.3 Å². The zero-order chi connectivity index (χ0) is 13.7. The molecule has 0 radical (unpaired) electrons. The molecule has 1 aromatic carbocycles. The van der Waals surface area contributed by atoms with Crippen LogP contribution in [0.2, 0.25) is 0 Å². The van der Waals surface area contributed by atoms with Crippen molar-refractivity contribution in [2.75, 3.05) is 13.2 Å². The van der Waals surface area contributed by atoms with Crippen molar-refractivity contribution in [1.29, 1.82) is 0 Å². The Morgan fingerprint density at radius 2 is 2.00 bits per heavy atom. The SMILES string of the molecule is NC1(CC(=O)N(CCO)Cc2ccccc2)CCC1. The van der Waals surface area contributed by atoms with Gasteiger partial charge in [0.15, 0.2) is 0 Å². The number of rotatable bonds is 6. The molecule has 0 heterocycles. The Balaban J connectivity index is 1.96. The van der Waals surface area contributed by atoms with E-state index in [4.69, 9.17) is 10.8 Å². The van der Waals surface area contributed by atoms with Gasteiger partial charge in [-0.05, 0) is 24.8 Å². The molecule has 1 fully saturated rings. The summed E-state index contributed by atoms with van der Waals surface area (Å²) in [5.41, 5.74) is 6.89. The standard InChI is InChI=1S/C15H22N2O2/c16-15(7-4-8-15)11-14(19)17(9-10-18)12-13-5-2-1-3-6-13/h1-3,5-6,18H,4,7-12,16H2. The maximum atomic E-state index is 12.3. The molecule has 0 atom stereocenters. The fraction of sp³-hybridized carbons (Fsp3) is 0.533. The first kappa shape index (κ1) is 14.0. The number of nitrogens with two attached hydrogens (primary N) is 1. The minimum atomic E-state index is -0.304. The number of carbonyl (C=O) groups excluding carboxylic acids is 1. The summed E-state index contributed by atoms with van der Waals surface area (Å²) in [5, 5.41) is 9.11. The third-order valence-corrected chi connectivity index (χ3v) is 3.79. The highest BCUT2D eigenvalue weighted by Crippen LogP contribution is 2.32. The number of aliphatic hydroxyl groups is 1. The van der Waals surface area contributed by atoms with Crippen LogP contribution in [0.5, 0.6) is 0 Å². The third kappa shape index (κ3) is 3.78. The second-order valence-electron chi connectivity index (χ2n) is 5.42. The fourth-order valence-electron chi connectivity index (χ4n) is 2.44. The van der Waals surface area contributed by atoms with E-state index >= 15 is 0 Å². The Morgan fingerprint density at radius 1 is 1.32 bits per heavy atom. The first-order valence-electron chi connectivity index (χ1n) is 6.84. The lowest BCUT2D eigenvalue weighted by atomic mass is 9.75. The Hall–Kier alpha value is -1.39. The minimum Gasteiger partial charge on any atom is -0.395 e. The molecule has 0 unspecified atom stereocenters. The predicted molar refractivity (Wildman–Crippen MR) is 74.3 cm³/mol. The van der Waals surface area contributed by atoms with Gasteiger partial charge in [-0.15, -0.1) is 0 Å². The molecule has 4 heteroatoms. The average molecular weight is 262 g/mol. The molecule has 4 nitrogen and oxygen atoms in total. The van der Waals surface area contributed by atoms with Crippen molar-refractivity contribution in [3.63, 3.8) is 0 Å². The summed E-state index contributed by atoms with van der Waals surface area (Å²) in [7, 11) is 0. The van der Waals surface area contributed by atoms with E-state index in [-0.39, 0.29) is 18.1 Å². The minimum absolute atomic E-state index is 0.0177. The van der Waals surface area contributed by atoms with Crippen LogP contribution in [0.15, 0.2) is 30.3 Å². The van der Waals surface area contributed by atoms with Gasteiger partial charge in [0.25, 0.3) is 0 Å². The molecule has 2 rings (SSSR count). The van der Waals surface area contributed by atoms with Crippen molar-refractivity contribution in [1.82, 2.24) is 4.90 Å². The molecule has 19 heavy (non-hydrogen) atoms.